The molecule has 5 nitrogen and oxygen atoms in total. The molecule has 1 aliphatic rings. The summed E-state index contributed by atoms with van der Waals surface area (Å²) in [7, 11) is 0. The van der Waals surface area contributed by atoms with Crippen LogP contribution in [0.2, 0.25) is 0 Å². The molecule has 1 aliphatic heterocycles. The van der Waals surface area contributed by atoms with Crippen molar-refractivity contribution in [2.75, 3.05) is 4.90 Å². The van der Waals surface area contributed by atoms with E-state index in [0.717, 1.165) is 22.8 Å². The molecule has 0 amide bonds. The van der Waals surface area contributed by atoms with Crippen molar-refractivity contribution >= 4 is 17.1 Å². The monoisotopic (exact) mass is 360 g/mol. The second-order valence-corrected chi connectivity index (χ2v) is 8.16. The summed E-state index contributed by atoms with van der Waals surface area (Å²) in [4.78, 5) is 6.78. The van der Waals surface area contributed by atoms with Crippen LogP contribution in [0.1, 0.15) is 43.2 Å². The standard InChI is InChI=1S/C22H24N4O/c1-13-9-16(22(4,5)6)10-14(2)20(13)26-17-8-7-15(3)25-21(17)27-19-12-24-23-11-18(19)26/h7-12H,1-6H3. The van der Waals surface area contributed by atoms with Gasteiger partial charge in [-0.25, -0.2) is 4.98 Å². The first-order valence-corrected chi connectivity index (χ1v) is 9.14. The fourth-order valence-electron chi connectivity index (χ4n) is 3.54. The van der Waals surface area contributed by atoms with Crippen molar-refractivity contribution in [1.82, 2.24) is 15.2 Å². The van der Waals surface area contributed by atoms with Crippen LogP contribution in [-0.2, 0) is 5.41 Å². The number of anilines is 3. The van der Waals surface area contributed by atoms with Gasteiger partial charge in [0.2, 0.25) is 5.88 Å². The zero-order valence-electron chi connectivity index (χ0n) is 16.7. The van der Waals surface area contributed by atoms with E-state index in [9.17, 15) is 0 Å². The quantitative estimate of drug-likeness (QED) is 0.438. The number of aromatic nitrogens is 3. The van der Waals surface area contributed by atoms with Gasteiger partial charge in [-0.05, 0) is 55.0 Å². The van der Waals surface area contributed by atoms with Gasteiger partial charge in [-0.1, -0.05) is 32.9 Å². The molecule has 1 aromatic carbocycles. The first-order chi connectivity index (χ1) is 12.8. The Morgan fingerprint density at radius 1 is 0.889 bits per heavy atom. The lowest BCUT2D eigenvalue weighted by Gasteiger charge is -2.34. The Labute approximate surface area is 160 Å². The van der Waals surface area contributed by atoms with Gasteiger partial charge in [0.25, 0.3) is 0 Å². The van der Waals surface area contributed by atoms with Gasteiger partial charge >= 0.3 is 0 Å². The fraction of sp³-hybridized carbons (Fsp3) is 0.318. The summed E-state index contributed by atoms with van der Waals surface area (Å²) in [6.45, 7) is 13.0. The second-order valence-electron chi connectivity index (χ2n) is 8.16. The number of hydrogen-bond donors (Lipinski definition) is 0. The Kier molecular flexibility index (Phi) is 3.91. The first kappa shape index (κ1) is 17.5. The highest BCUT2D eigenvalue weighted by Crippen LogP contribution is 2.50. The van der Waals surface area contributed by atoms with E-state index in [1.807, 2.05) is 13.0 Å². The van der Waals surface area contributed by atoms with E-state index in [2.05, 4.69) is 72.9 Å². The topological polar surface area (TPSA) is 51.1 Å². The second kappa shape index (κ2) is 6.05. The van der Waals surface area contributed by atoms with Gasteiger partial charge in [0.15, 0.2) is 5.75 Å². The Bertz CT molecular complexity index is 1010. The number of rotatable bonds is 1. The van der Waals surface area contributed by atoms with Crippen molar-refractivity contribution in [3.63, 3.8) is 0 Å². The summed E-state index contributed by atoms with van der Waals surface area (Å²) >= 11 is 0. The highest BCUT2D eigenvalue weighted by Gasteiger charge is 2.30. The number of ether oxygens (including phenoxy) is 1. The van der Waals surface area contributed by atoms with Crippen LogP contribution in [-0.4, -0.2) is 15.2 Å². The Morgan fingerprint density at radius 2 is 1.56 bits per heavy atom. The molecule has 0 unspecified atom stereocenters. The molecule has 138 valence electrons. The molecule has 0 aliphatic carbocycles. The predicted octanol–water partition coefficient (Wildman–Crippen LogP) is 5.67. The van der Waals surface area contributed by atoms with Gasteiger partial charge in [0.1, 0.15) is 11.4 Å². The maximum absolute atomic E-state index is 6.01. The molecule has 3 aromatic rings. The van der Waals surface area contributed by atoms with Crippen LogP contribution in [0, 0.1) is 20.8 Å². The molecule has 0 fully saturated rings. The van der Waals surface area contributed by atoms with Crippen molar-refractivity contribution in [3.8, 4) is 11.6 Å². The SMILES string of the molecule is Cc1ccc2c(n1)Oc1cnncc1N2c1c(C)cc(C(C)(C)C)cc1C. The van der Waals surface area contributed by atoms with Gasteiger partial charge in [-0.15, -0.1) is 0 Å². The van der Waals surface area contributed by atoms with Crippen molar-refractivity contribution in [1.29, 1.82) is 0 Å². The van der Waals surface area contributed by atoms with E-state index in [0.29, 0.717) is 11.6 Å². The maximum atomic E-state index is 6.01. The van der Waals surface area contributed by atoms with Crippen LogP contribution in [0.3, 0.4) is 0 Å². The minimum absolute atomic E-state index is 0.0962. The van der Waals surface area contributed by atoms with Crippen LogP contribution in [0.15, 0.2) is 36.7 Å². The van der Waals surface area contributed by atoms with Gasteiger partial charge in [-0.2, -0.15) is 10.2 Å². The van der Waals surface area contributed by atoms with Crippen LogP contribution in [0.25, 0.3) is 0 Å². The van der Waals surface area contributed by atoms with Crippen LogP contribution < -0.4 is 9.64 Å². The number of nitrogens with zero attached hydrogens (tertiary/aromatic N) is 4. The average Bonchev–Trinajstić information content (AvgIpc) is 2.59. The molecule has 0 spiro atoms. The third-order valence-corrected chi connectivity index (χ3v) is 4.92. The fourth-order valence-corrected chi connectivity index (χ4v) is 3.54. The molecule has 0 saturated heterocycles. The largest absolute Gasteiger partial charge is 0.433 e. The van der Waals surface area contributed by atoms with Crippen LogP contribution >= 0.6 is 0 Å². The van der Waals surface area contributed by atoms with Crippen LogP contribution in [0.4, 0.5) is 17.1 Å². The highest BCUT2D eigenvalue weighted by atomic mass is 16.5. The molecule has 2 aromatic heterocycles. The minimum Gasteiger partial charge on any atom is -0.433 e. The summed E-state index contributed by atoms with van der Waals surface area (Å²) in [5.41, 5.74) is 7.66. The lowest BCUT2D eigenvalue weighted by atomic mass is 9.84. The van der Waals surface area contributed by atoms with Crippen LogP contribution in [0.5, 0.6) is 11.6 Å². The number of fused-ring (bicyclic) bond motifs is 2. The Balaban J connectivity index is 1.97. The van der Waals surface area contributed by atoms with E-state index < -0.39 is 0 Å². The molecule has 3 heterocycles. The summed E-state index contributed by atoms with van der Waals surface area (Å²) in [5.74, 6) is 1.25. The molecule has 0 saturated carbocycles. The van der Waals surface area contributed by atoms with E-state index in [1.165, 1.54) is 16.7 Å². The molecular weight excluding hydrogens is 336 g/mol. The predicted molar refractivity (Wildman–Crippen MR) is 107 cm³/mol. The normalized spacial score (nSPS) is 13.0. The molecule has 27 heavy (non-hydrogen) atoms. The summed E-state index contributed by atoms with van der Waals surface area (Å²) in [6.07, 6.45) is 3.39. The van der Waals surface area contributed by atoms with E-state index in [-0.39, 0.29) is 5.41 Å². The van der Waals surface area contributed by atoms with Crippen molar-refractivity contribution in [2.45, 2.75) is 47.0 Å². The molecule has 0 radical (unpaired) electrons. The zero-order valence-corrected chi connectivity index (χ0v) is 16.7. The van der Waals surface area contributed by atoms with E-state index in [4.69, 9.17) is 4.74 Å². The number of aryl methyl sites for hydroxylation is 3. The van der Waals surface area contributed by atoms with Crippen molar-refractivity contribution < 1.29 is 4.74 Å². The molecular formula is C22H24N4O. The lowest BCUT2D eigenvalue weighted by molar-refractivity contribution is 0.452. The molecule has 4 rings (SSSR count). The number of benzene rings is 1. The Hall–Kier alpha value is -2.95. The number of hydrogen-bond acceptors (Lipinski definition) is 5. The number of pyridine rings is 1. The lowest BCUT2D eigenvalue weighted by Crippen LogP contribution is -2.20. The van der Waals surface area contributed by atoms with Gasteiger partial charge in [0.05, 0.1) is 18.1 Å². The van der Waals surface area contributed by atoms with Crippen molar-refractivity contribution in [2.24, 2.45) is 0 Å². The summed E-state index contributed by atoms with van der Waals surface area (Å²) in [6, 6.07) is 8.60. The van der Waals surface area contributed by atoms with Gasteiger partial charge in [0, 0.05) is 5.69 Å². The van der Waals surface area contributed by atoms with Gasteiger partial charge < -0.3 is 9.64 Å². The van der Waals surface area contributed by atoms with E-state index >= 15 is 0 Å². The third-order valence-electron chi connectivity index (χ3n) is 4.92. The zero-order chi connectivity index (χ0) is 19.3. The smallest absolute Gasteiger partial charge is 0.244 e. The summed E-state index contributed by atoms with van der Waals surface area (Å²) in [5, 5.41) is 8.07. The minimum atomic E-state index is 0.0962. The van der Waals surface area contributed by atoms with E-state index in [1.54, 1.807) is 12.4 Å². The third kappa shape index (κ3) is 2.93. The maximum Gasteiger partial charge on any atom is 0.244 e. The first-order valence-electron chi connectivity index (χ1n) is 9.14. The molecule has 5 heteroatoms. The highest BCUT2D eigenvalue weighted by molar-refractivity contribution is 5.87. The molecule has 0 N–H and O–H groups in total. The average molecular weight is 360 g/mol. The van der Waals surface area contributed by atoms with Crippen molar-refractivity contribution in [3.05, 3.63) is 59.0 Å². The van der Waals surface area contributed by atoms with Gasteiger partial charge in [-0.3, -0.25) is 0 Å². The molecule has 0 atom stereocenters. The summed E-state index contributed by atoms with van der Waals surface area (Å²) < 4.78 is 6.01. The molecule has 0 bridgehead atoms. The Morgan fingerprint density at radius 3 is 2.22 bits per heavy atom.